The molecule has 8 nitrogen and oxygen atoms in total. The van der Waals surface area contributed by atoms with Crippen molar-refractivity contribution in [1.82, 2.24) is 14.7 Å². The van der Waals surface area contributed by atoms with Crippen LogP contribution < -0.4 is 15.4 Å². The van der Waals surface area contributed by atoms with E-state index in [2.05, 4.69) is 23.0 Å². The molecule has 1 fully saturated rings. The van der Waals surface area contributed by atoms with Crippen LogP contribution in [0.3, 0.4) is 0 Å². The maximum atomic E-state index is 13.0. The van der Waals surface area contributed by atoms with Crippen LogP contribution in [-0.4, -0.2) is 58.7 Å². The van der Waals surface area contributed by atoms with Gasteiger partial charge in [0, 0.05) is 56.8 Å². The van der Waals surface area contributed by atoms with Crippen molar-refractivity contribution >= 4 is 23.3 Å². The molecule has 1 saturated heterocycles. The van der Waals surface area contributed by atoms with E-state index in [1.807, 2.05) is 58.3 Å². The maximum Gasteiger partial charge on any atom is 0.271 e. The zero-order valence-corrected chi connectivity index (χ0v) is 20.5. The van der Waals surface area contributed by atoms with Gasteiger partial charge >= 0.3 is 0 Å². The van der Waals surface area contributed by atoms with E-state index in [0.717, 1.165) is 30.8 Å². The van der Waals surface area contributed by atoms with Gasteiger partial charge in [-0.25, -0.2) is 0 Å². The van der Waals surface area contributed by atoms with Crippen LogP contribution in [0, 0.1) is 0 Å². The summed E-state index contributed by atoms with van der Waals surface area (Å²) in [5.74, 6) is 0.724. The third-order valence-electron chi connectivity index (χ3n) is 6.99. The number of aromatic nitrogens is 2. The molecular weight excluding hydrogens is 454 g/mol. The highest BCUT2D eigenvalue weighted by molar-refractivity contribution is 5.97. The zero-order chi connectivity index (χ0) is 25.1. The number of para-hydroxylation sites is 2. The van der Waals surface area contributed by atoms with E-state index in [1.165, 1.54) is 16.3 Å². The molecule has 0 unspecified atom stereocenters. The molecule has 0 saturated carbocycles. The summed E-state index contributed by atoms with van der Waals surface area (Å²) in [7, 11) is 0. The molecule has 0 radical (unpaired) electrons. The molecule has 8 heteroatoms. The summed E-state index contributed by atoms with van der Waals surface area (Å²) in [6, 6.07) is 20.7. The summed E-state index contributed by atoms with van der Waals surface area (Å²) < 4.78 is 1.41. The van der Waals surface area contributed by atoms with Crippen LogP contribution in [0.2, 0.25) is 0 Å². The van der Waals surface area contributed by atoms with Crippen LogP contribution in [0.1, 0.15) is 31.7 Å². The molecule has 5 rings (SSSR count). The lowest BCUT2D eigenvalue weighted by atomic mass is 10.1. The second-order valence-electron chi connectivity index (χ2n) is 9.44. The first-order valence-electron chi connectivity index (χ1n) is 12.6. The average molecular weight is 486 g/mol. The van der Waals surface area contributed by atoms with Gasteiger partial charge in [-0.05, 0) is 49.6 Å². The second-order valence-corrected chi connectivity index (χ2v) is 9.44. The SMILES string of the molecule is C[C@@H]1Cc2ccccc2N1C(=O)CCC(=O)N1CCCN(c2ccc(=O)n(-c3ccccc3)n2)CC1. The van der Waals surface area contributed by atoms with Crippen molar-refractivity contribution in [2.24, 2.45) is 0 Å². The molecule has 3 aromatic rings. The van der Waals surface area contributed by atoms with Crippen LogP contribution in [0.25, 0.3) is 5.69 Å². The van der Waals surface area contributed by atoms with Crippen molar-refractivity contribution in [3.8, 4) is 5.69 Å². The number of nitrogens with zero attached hydrogens (tertiary/aromatic N) is 5. The number of fused-ring (bicyclic) bond motifs is 1. The number of benzene rings is 2. The summed E-state index contributed by atoms with van der Waals surface area (Å²) in [6.07, 6.45) is 2.06. The van der Waals surface area contributed by atoms with Crippen molar-refractivity contribution in [2.45, 2.75) is 38.6 Å². The number of anilines is 2. The molecule has 3 heterocycles. The van der Waals surface area contributed by atoms with Crippen LogP contribution in [0.5, 0.6) is 0 Å². The lowest BCUT2D eigenvalue weighted by Crippen LogP contribution is -2.38. The number of amides is 2. The molecule has 36 heavy (non-hydrogen) atoms. The minimum atomic E-state index is -0.184. The molecule has 1 aromatic heterocycles. The van der Waals surface area contributed by atoms with Crippen molar-refractivity contribution in [3.63, 3.8) is 0 Å². The molecule has 2 amide bonds. The fourth-order valence-electron chi connectivity index (χ4n) is 5.16. The predicted molar refractivity (Wildman–Crippen MR) is 140 cm³/mol. The van der Waals surface area contributed by atoms with Gasteiger partial charge in [0.1, 0.15) is 5.82 Å². The number of hydrogen-bond donors (Lipinski definition) is 0. The Morgan fingerprint density at radius 3 is 2.44 bits per heavy atom. The van der Waals surface area contributed by atoms with Gasteiger partial charge in [0.25, 0.3) is 5.56 Å². The van der Waals surface area contributed by atoms with E-state index in [0.29, 0.717) is 25.5 Å². The molecule has 2 aliphatic heterocycles. The summed E-state index contributed by atoms with van der Waals surface area (Å²) in [5.41, 5.74) is 2.69. The smallest absolute Gasteiger partial charge is 0.271 e. The first-order valence-corrected chi connectivity index (χ1v) is 12.6. The Morgan fingerprint density at radius 1 is 0.861 bits per heavy atom. The molecule has 0 spiro atoms. The average Bonchev–Trinajstić information content (AvgIpc) is 3.06. The quantitative estimate of drug-likeness (QED) is 0.555. The van der Waals surface area contributed by atoms with Gasteiger partial charge in [-0.15, -0.1) is 5.10 Å². The van der Waals surface area contributed by atoms with Crippen LogP contribution in [-0.2, 0) is 16.0 Å². The highest BCUT2D eigenvalue weighted by Crippen LogP contribution is 2.32. The second kappa shape index (κ2) is 10.4. The van der Waals surface area contributed by atoms with E-state index in [4.69, 9.17) is 0 Å². The van der Waals surface area contributed by atoms with E-state index in [-0.39, 0.29) is 36.3 Å². The van der Waals surface area contributed by atoms with Crippen LogP contribution in [0.4, 0.5) is 11.5 Å². The molecule has 1 atom stereocenters. The highest BCUT2D eigenvalue weighted by atomic mass is 16.2. The standard InChI is InChI=1S/C28H31N5O3/c1-21-20-22-8-5-6-11-24(22)32(21)27(35)15-14-26(34)31-17-7-16-30(18-19-31)25-12-13-28(36)33(29-25)23-9-3-2-4-10-23/h2-6,8-13,21H,7,14-20H2,1H3/t21-/m1/s1. The van der Waals surface area contributed by atoms with Crippen molar-refractivity contribution in [3.05, 3.63) is 82.6 Å². The molecule has 0 bridgehead atoms. The Balaban J connectivity index is 1.19. The van der Waals surface area contributed by atoms with Gasteiger partial charge in [-0.2, -0.15) is 4.68 Å². The number of carbonyl (C=O) groups is 2. The summed E-state index contributed by atoms with van der Waals surface area (Å²) in [4.78, 5) is 44.2. The van der Waals surface area contributed by atoms with Crippen molar-refractivity contribution < 1.29 is 9.59 Å². The predicted octanol–water partition coefficient (Wildman–Crippen LogP) is 3.03. The van der Waals surface area contributed by atoms with Gasteiger partial charge in [-0.3, -0.25) is 14.4 Å². The zero-order valence-electron chi connectivity index (χ0n) is 20.5. The first-order chi connectivity index (χ1) is 17.5. The highest BCUT2D eigenvalue weighted by Gasteiger charge is 2.31. The van der Waals surface area contributed by atoms with E-state index >= 15 is 0 Å². The van der Waals surface area contributed by atoms with E-state index in [9.17, 15) is 14.4 Å². The Morgan fingerprint density at radius 2 is 1.61 bits per heavy atom. The Kier molecular flexibility index (Phi) is 6.84. The number of carbonyl (C=O) groups excluding carboxylic acids is 2. The monoisotopic (exact) mass is 485 g/mol. The topological polar surface area (TPSA) is 78.8 Å². The Labute approximate surface area is 210 Å². The molecular formula is C28H31N5O3. The van der Waals surface area contributed by atoms with Gasteiger partial charge < -0.3 is 14.7 Å². The summed E-state index contributed by atoms with van der Waals surface area (Å²) in [5, 5.41) is 4.58. The van der Waals surface area contributed by atoms with Gasteiger partial charge in [0.05, 0.1) is 5.69 Å². The maximum absolute atomic E-state index is 13.0. The molecule has 0 aliphatic carbocycles. The minimum Gasteiger partial charge on any atom is -0.353 e. The molecule has 2 aromatic carbocycles. The van der Waals surface area contributed by atoms with E-state index in [1.54, 1.807) is 6.07 Å². The largest absolute Gasteiger partial charge is 0.353 e. The van der Waals surface area contributed by atoms with Crippen LogP contribution in [0.15, 0.2) is 71.5 Å². The summed E-state index contributed by atoms with van der Waals surface area (Å²) in [6.45, 7) is 4.62. The van der Waals surface area contributed by atoms with Gasteiger partial charge in [0.2, 0.25) is 11.8 Å². The van der Waals surface area contributed by atoms with Crippen molar-refractivity contribution in [2.75, 3.05) is 36.0 Å². The Hall–Kier alpha value is -3.94. The minimum absolute atomic E-state index is 0.00428. The third-order valence-corrected chi connectivity index (χ3v) is 6.99. The molecule has 0 N–H and O–H groups in total. The Bertz CT molecular complexity index is 1310. The molecule has 2 aliphatic rings. The summed E-state index contributed by atoms with van der Waals surface area (Å²) >= 11 is 0. The first kappa shape index (κ1) is 23.8. The normalized spacial score (nSPS) is 17.6. The number of hydrogen-bond acceptors (Lipinski definition) is 5. The third kappa shape index (κ3) is 4.89. The lowest BCUT2D eigenvalue weighted by Gasteiger charge is -2.25. The van der Waals surface area contributed by atoms with E-state index < -0.39 is 0 Å². The number of rotatable bonds is 5. The van der Waals surface area contributed by atoms with Crippen molar-refractivity contribution in [1.29, 1.82) is 0 Å². The lowest BCUT2D eigenvalue weighted by molar-refractivity contribution is -0.133. The van der Waals surface area contributed by atoms with Gasteiger partial charge in [-0.1, -0.05) is 36.4 Å². The fraction of sp³-hybridized carbons (Fsp3) is 0.357. The van der Waals surface area contributed by atoms with Crippen LogP contribution >= 0.6 is 0 Å². The molecule has 186 valence electrons. The van der Waals surface area contributed by atoms with Gasteiger partial charge in [0.15, 0.2) is 0 Å². The fourth-order valence-corrected chi connectivity index (χ4v) is 5.16.